The minimum Gasteiger partial charge on any atom is -0.368 e. The highest BCUT2D eigenvalue weighted by atomic mass is 16.1. The van der Waals surface area contributed by atoms with Crippen molar-refractivity contribution in [3.05, 3.63) is 12.3 Å². The van der Waals surface area contributed by atoms with Crippen molar-refractivity contribution in [1.29, 1.82) is 0 Å². The molecule has 82 valence electrons. The highest BCUT2D eigenvalue weighted by Crippen LogP contribution is 2.04. The van der Waals surface area contributed by atoms with Crippen LogP contribution in [-0.2, 0) is 4.79 Å². The molecule has 0 aliphatic heterocycles. The summed E-state index contributed by atoms with van der Waals surface area (Å²) in [5.41, 5.74) is 5.00. The summed E-state index contributed by atoms with van der Waals surface area (Å²) in [6, 6.07) is 1.68. The maximum atomic E-state index is 10.5. The molecule has 0 aliphatic carbocycles. The minimum atomic E-state index is -0.420. The van der Waals surface area contributed by atoms with E-state index in [0.29, 0.717) is 11.8 Å². The fraction of sp³-hybridized carbons (Fsp3) is 0.444. The molecule has 1 heterocycles. The number of hydrogen-bond acceptors (Lipinski definition) is 5. The summed E-state index contributed by atoms with van der Waals surface area (Å²) >= 11 is 0. The van der Waals surface area contributed by atoms with Gasteiger partial charge >= 0.3 is 0 Å². The van der Waals surface area contributed by atoms with Crippen LogP contribution in [0.3, 0.4) is 0 Å². The van der Waals surface area contributed by atoms with Gasteiger partial charge in [0, 0.05) is 12.7 Å². The monoisotopic (exact) mass is 209 g/mol. The quantitative estimate of drug-likeness (QED) is 0.622. The van der Waals surface area contributed by atoms with Gasteiger partial charge in [0.05, 0.1) is 6.54 Å². The van der Waals surface area contributed by atoms with E-state index in [-0.39, 0.29) is 6.54 Å². The molecule has 0 saturated carbocycles. The Hall–Kier alpha value is -1.85. The van der Waals surface area contributed by atoms with E-state index in [4.69, 9.17) is 5.73 Å². The molecule has 0 fully saturated rings. The molecule has 6 nitrogen and oxygen atoms in total. The van der Waals surface area contributed by atoms with Gasteiger partial charge < -0.3 is 16.4 Å². The summed E-state index contributed by atoms with van der Waals surface area (Å²) < 4.78 is 0. The number of aromatic nitrogens is 2. The van der Waals surface area contributed by atoms with Crippen molar-refractivity contribution >= 4 is 17.7 Å². The number of amides is 1. The van der Waals surface area contributed by atoms with Crippen molar-refractivity contribution in [3.63, 3.8) is 0 Å². The Morgan fingerprint density at radius 2 is 2.33 bits per heavy atom. The van der Waals surface area contributed by atoms with Crippen molar-refractivity contribution in [3.8, 4) is 0 Å². The first-order valence-corrected chi connectivity index (χ1v) is 4.81. The van der Waals surface area contributed by atoms with Gasteiger partial charge in [-0.1, -0.05) is 6.92 Å². The number of rotatable bonds is 6. The molecule has 0 saturated heterocycles. The third-order valence-electron chi connectivity index (χ3n) is 1.63. The minimum absolute atomic E-state index is 0.0736. The van der Waals surface area contributed by atoms with Crippen molar-refractivity contribution < 1.29 is 4.79 Å². The second-order valence-electron chi connectivity index (χ2n) is 3.01. The molecule has 0 unspecified atom stereocenters. The third kappa shape index (κ3) is 4.26. The lowest BCUT2D eigenvalue weighted by atomic mass is 10.5. The average molecular weight is 209 g/mol. The van der Waals surface area contributed by atoms with Crippen LogP contribution in [0.1, 0.15) is 13.3 Å². The molecule has 15 heavy (non-hydrogen) atoms. The standard InChI is InChI=1S/C9H15N5O/c1-2-4-11-9-12-5-3-8(14-9)13-6-7(10)15/h3,5H,2,4,6H2,1H3,(H2,10,15)(H2,11,12,13,14). The summed E-state index contributed by atoms with van der Waals surface area (Å²) in [6.45, 7) is 2.95. The topological polar surface area (TPSA) is 92.9 Å². The Morgan fingerprint density at radius 3 is 3.00 bits per heavy atom. The molecular formula is C9H15N5O. The molecule has 1 rings (SSSR count). The molecule has 0 bridgehead atoms. The zero-order chi connectivity index (χ0) is 11.1. The number of carbonyl (C=O) groups is 1. The fourth-order valence-electron chi connectivity index (χ4n) is 0.957. The van der Waals surface area contributed by atoms with Gasteiger partial charge in [0.2, 0.25) is 11.9 Å². The summed E-state index contributed by atoms with van der Waals surface area (Å²) in [5, 5.41) is 5.84. The summed E-state index contributed by atoms with van der Waals surface area (Å²) in [6.07, 6.45) is 2.62. The molecule has 0 spiro atoms. The van der Waals surface area contributed by atoms with Crippen LogP contribution in [0.25, 0.3) is 0 Å². The predicted molar refractivity (Wildman–Crippen MR) is 58.5 cm³/mol. The molecular weight excluding hydrogens is 194 g/mol. The Morgan fingerprint density at radius 1 is 1.53 bits per heavy atom. The third-order valence-corrected chi connectivity index (χ3v) is 1.63. The van der Waals surface area contributed by atoms with Gasteiger partial charge in [-0.25, -0.2) is 4.98 Å². The largest absolute Gasteiger partial charge is 0.368 e. The molecule has 0 aliphatic rings. The zero-order valence-corrected chi connectivity index (χ0v) is 8.66. The number of hydrogen-bond donors (Lipinski definition) is 3. The molecule has 1 amide bonds. The van der Waals surface area contributed by atoms with Crippen LogP contribution in [0.4, 0.5) is 11.8 Å². The second kappa shape index (κ2) is 5.79. The van der Waals surface area contributed by atoms with Gasteiger partial charge in [0.15, 0.2) is 0 Å². The molecule has 0 atom stereocenters. The second-order valence-corrected chi connectivity index (χ2v) is 3.01. The van der Waals surface area contributed by atoms with Gasteiger partial charge in [0.25, 0.3) is 0 Å². The lowest BCUT2D eigenvalue weighted by Gasteiger charge is -2.05. The number of anilines is 2. The first-order valence-electron chi connectivity index (χ1n) is 4.81. The fourth-order valence-corrected chi connectivity index (χ4v) is 0.957. The van der Waals surface area contributed by atoms with E-state index in [2.05, 4.69) is 27.5 Å². The van der Waals surface area contributed by atoms with E-state index < -0.39 is 5.91 Å². The van der Waals surface area contributed by atoms with Gasteiger partial charge in [-0.2, -0.15) is 4.98 Å². The van der Waals surface area contributed by atoms with Gasteiger partial charge in [-0.15, -0.1) is 0 Å². The number of nitrogens with zero attached hydrogens (tertiary/aromatic N) is 2. The van der Waals surface area contributed by atoms with Gasteiger partial charge in [0.1, 0.15) is 5.82 Å². The van der Waals surface area contributed by atoms with Gasteiger partial charge in [-0.3, -0.25) is 4.79 Å². The van der Waals surface area contributed by atoms with Crippen molar-refractivity contribution in [2.45, 2.75) is 13.3 Å². The lowest BCUT2D eigenvalue weighted by molar-refractivity contribution is -0.116. The van der Waals surface area contributed by atoms with Crippen LogP contribution in [0.15, 0.2) is 12.3 Å². The first kappa shape index (κ1) is 11.2. The Balaban J connectivity index is 2.53. The Bertz CT molecular complexity index is 328. The highest BCUT2D eigenvalue weighted by Gasteiger charge is 1.99. The number of nitrogens with one attached hydrogen (secondary N) is 2. The summed E-state index contributed by atoms with van der Waals surface area (Å²) in [7, 11) is 0. The molecule has 1 aromatic heterocycles. The van der Waals surface area contributed by atoms with E-state index in [1.165, 1.54) is 0 Å². The van der Waals surface area contributed by atoms with E-state index in [9.17, 15) is 4.79 Å². The molecule has 6 heteroatoms. The smallest absolute Gasteiger partial charge is 0.236 e. The molecule has 4 N–H and O–H groups in total. The normalized spacial score (nSPS) is 9.67. The average Bonchev–Trinajstić information content (AvgIpc) is 2.24. The lowest BCUT2D eigenvalue weighted by Crippen LogP contribution is -2.22. The SMILES string of the molecule is CCCNc1nccc(NCC(N)=O)n1. The van der Waals surface area contributed by atoms with Crippen LogP contribution < -0.4 is 16.4 Å². The van der Waals surface area contributed by atoms with Crippen LogP contribution >= 0.6 is 0 Å². The first-order chi connectivity index (χ1) is 7.22. The van der Waals surface area contributed by atoms with Gasteiger partial charge in [-0.05, 0) is 12.5 Å². The van der Waals surface area contributed by atoms with Crippen LogP contribution in [0.5, 0.6) is 0 Å². The molecule has 1 aromatic rings. The van der Waals surface area contributed by atoms with Crippen LogP contribution in [-0.4, -0.2) is 29.0 Å². The number of carbonyl (C=O) groups excluding carboxylic acids is 1. The van der Waals surface area contributed by atoms with Crippen molar-refractivity contribution in [2.75, 3.05) is 23.7 Å². The Labute approximate surface area is 88.3 Å². The number of nitrogens with two attached hydrogens (primary N) is 1. The van der Waals surface area contributed by atoms with E-state index in [1.54, 1.807) is 12.3 Å². The van der Waals surface area contributed by atoms with E-state index in [1.807, 2.05) is 0 Å². The highest BCUT2D eigenvalue weighted by molar-refractivity contribution is 5.78. The number of primary amides is 1. The summed E-state index contributed by atoms with van der Waals surface area (Å²) in [4.78, 5) is 18.7. The van der Waals surface area contributed by atoms with E-state index in [0.717, 1.165) is 13.0 Å². The van der Waals surface area contributed by atoms with Crippen LogP contribution in [0, 0.1) is 0 Å². The van der Waals surface area contributed by atoms with E-state index >= 15 is 0 Å². The Kier molecular flexibility index (Phi) is 4.33. The maximum absolute atomic E-state index is 10.5. The van der Waals surface area contributed by atoms with Crippen molar-refractivity contribution in [1.82, 2.24) is 9.97 Å². The predicted octanol–water partition coefficient (Wildman–Crippen LogP) is 0.196. The zero-order valence-electron chi connectivity index (χ0n) is 8.66. The molecule has 0 radical (unpaired) electrons. The maximum Gasteiger partial charge on any atom is 0.236 e. The molecule has 0 aromatic carbocycles. The summed E-state index contributed by atoms with van der Waals surface area (Å²) in [5.74, 6) is 0.713. The van der Waals surface area contributed by atoms with Crippen molar-refractivity contribution in [2.24, 2.45) is 5.73 Å². The van der Waals surface area contributed by atoms with Crippen LogP contribution in [0.2, 0.25) is 0 Å².